The summed E-state index contributed by atoms with van der Waals surface area (Å²) in [5.74, 6) is 1.21. The molecule has 0 radical (unpaired) electrons. The number of nitrogens with zero attached hydrogens (tertiary/aromatic N) is 2. The third-order valence-corrected chi connectivity index (χ3v) is 1.99. The fraction of sp³-hybridized carbons (Fsp3) is 0.333. The van der Waals surface area contributed by atoms with Crippen LogP contribution in [-0.2, 0) is 0 Å². The summed E-state index contributed by atoms with van der Waals surface area (Å²) in [6.07, 6.45) is 12.4. The molecule has 0 saturated carbocycles. The van der Waals surface area contributed by atoms with Gasteiger partial charge in [-0.25, -0.2) is 0 Å². The highest BCUT2D eigenvalue weighted by Gasteiger charge is 2.06. The molecule has 1 aliphatic rings. The zero-order chi connectivity index (χ0) is 10.6. The van der Waals surface area contributed by atoms with Crippen molar-refractivity contribution in [1.29, 1.82) is 0 Å². The largest absolute Gasteiger partial charge is 0.364 e. The molecule has 0 aromatic carbocycles. The second kappa shape index (κ2) is 4.70. The summed E-state index contributed by atoms with van der Waals surface area (Å²) in [5.41, 5.74) is 1.23. The summed E-state index contributed by atoms with van der Waals surface area (Å²) in [4.78, 5) is 4.24. The third-order valence-electron chi connectivity index (χ3n) is 1.99. The van der Waals surface area contributed by atoms with Gasteiger partial charge in [0, 0.05) is 33.8 Å². The second-order valence-electron chi connectivity index (χ2n) is 3.67. The molecule has 0 aromatic heterocycles. The van der Waals surface area contributed by atoms with Crippen LogP contribution in [0.2, 0.25) is 0 Å². The van der Waals surface area contributed by atoms with Crippen molar-refractivity contribution in [3.05, 3.63) is 47.9 Å². The van der Waals surface area contributed by atoms with Crippen LogP contribution < -0.4 is 0 Å². The molecule has 0 aromatic rings. The number of allylic oxidation sites excluding steroid dienone is 7. The van der Waals surface area contributed by atoms with E-state index in [1.807, 2.05) is 12.2 Å². The maximum Gasteiger partial charge on any atom is 0.110 e. The average Bonchev–Trinajstić information content (AvgIpc) is 2.31. The van der Waals surface area contributed by atoms with Crippen LogP contribution in [0.15, 0.2) is 47.9 Å². The summed E-state index contributed by atoms with van der Waals surface area (Å²) >= 11 is 0. The lowest BCUT2D eigenvalue weighted by Crippen LogP contribution is -2.26. The van der Waals surface area contributed by atoms with Crippen LogP contribution in [0.4, 0.5) is 0 Å². The Morgan fingerprint density at radius 3 is 1.57 bits per heavy atom. The van der Waals surface area contributed by atoms with Gasteiger partial charge in [-0.1, -0.05) is 36.5 Å². The van der Waals surface area contributed by atoms with E-state index in [1.165, 1.54) is 11.4 Å². The van der Waals surface area contributed by atoms with E-state index in [1.54, 1.807) is 0 Å². The van der Waals surface area contributed by atoms with Crippen molar-refractivity contribution in [2.45, 2.75) is 0 Å². The molecule has 0 N–H and O–H groups in total. The molecule has 76 valence electrons. The first-order chi connectivity index (χ1) is 6.63. The Kier molecular flexibility index (Phi) is 3.57. The predicted octanol–water partition coefficient (Wildman–Crippen LogP) is 2.00. The summed E-state index contributed by atoms with van der Waals surface area (Å²) in [7, 11) is 8.23. The van der Waals surface area contributed by atoms with Crippen molar-refractivity contribution in [2.75, 3.05) is 28.2 Å². The van der Waals surface area contributed by atoms with Crippen molar-refractivity contribution < 1.29 is 0 Å². The zero-order valence-corrected chi connectivity index (χ0v) is 9.36. The monoisotopic (exact) mass is 190 g/mol. The number of hydrogen-bond donors (Lipinski definition) is 0. The maximum absolute atomic E-state index is 2.12. The van der Waals surface area contributed by atoms with Gasteiger partial charge in [-0.2, -0.15) is 0 Å². The van der Waals surface area contributed by atoms with E-state index >= 15 is 0 Å². The molecule has 2 heteroatoms. The lowest BCUT2D eigenvalue weighted by molar-refractivity contribution is 0.339. The van der Waals surface area contributed by atoms with Crippen molar-refractivity contribution >= 4 is 0 Å². The van der Waals surface area contributed by atoms with Crippen LogP contribution in [0, 0.1) is 0 Å². The van der Waals surface area contributed by atoms with Gasteiger partial charge in [0.1, 0.15) is 5.82 Å². The smallest absolute Gasteiger partial charge is 0.110 e. The first-order valence-electron chi connectivity index (χ1n) is 4.73. The van der Waals surface area contributed by atoms with Crippen molar-refractivity contribution in [2.24, 2.45) is 0 Å². The van der Waals surface area contributed by atoms with Crippen LogP contribution in [-0.4, -0.2) is 38.0 Å². The first-order valence-corrected chi connectivity index (χ1v) is 4.73. The van der Waals surface area contributed by atoms with Crippen molar-refractivity contribution in [3.63, 3.8) is 0 Å². The van der Waals surface area contributed by atoms with Gasteiger partial charge < -0.3 is 9.80 Å². The van der Waals surface area contributed by atoms with Crippen molar-refractivity contribution in [1.82, 2.24) is 9.80 Å². The van der Waals surface area contributed by atoms with Crippen LogP contribution in [0.3, 0.4) is 0 Å². The zero-order valence-electron chi connectivity index (χ0n) is 9.36. The minimum Gasteiger partial charge on any atom is -0.364 e. The normalized spacial score (nSPS) is 14.1. The van der Waals surface area contributed by atoms with E-state index in [-0.39, 0.29) is 0 Å². The first kappa shape index (κ1) is 10.6. The fourth-order valence-corrected chi connectivity index (χ4v) is 1.57. The van der Waals surface area contributed by atoms with Gasteiger partial charge in [0.25, 0.3) is 0 Å². The third kappa shape index (κ3) is 2.52. The Hall–Kier alpha value is -1.44. The molecule has 1 rings (SSSR count). The van der Waals surface area contributed by atoms with E-state index in [2.05, 4.69) is 62.3 Å². The molecule has 14 heavy (non-hydrogen) atoms. The highest BCUT2D eigenvalue weighted by Crippen LogP contribution is 2.14. The Bertz CT molecular complexity index is 276. The highest BCUT2D eigenvalue weighted by molar-refractivity contribution is 5.39. The second-order valence-corrected chi connectivity index (χ2v) is 3.67. The van der Waals surface area contributed by atoms with Gasteiger partial charge in [0.15, 0.2) is 0 Å². The van der Waals surface area contributed by atoms with Crippen molar-refractivity contribution in [3.8, 4) is 0 Å². The summed E-state index contributed by atoms with van der Waals surface area (Å²) in [6, 6.07) is 0. The van der Waals surface area contributed by atoms with Crippen LogP contribution in [0.25, 0.3) is 0 Å². The van der Waals surface area contributed by atoms with Gasteiger partial charge in [-0.05, 0) is 0 Å². The van der Waals surface area contributed by atoms with Gasteiger partial charge in [0.2, 0.25) is 0 Å². The van der Waals surface area contributed by atoms with Crippen LogP contribution >= 0.6 is 0 Å². The lowest BCUT2D eigenvalue weighted by atomic mass is 10.2. The van der Waals surface area contributed by atoms with Gasteiger partial charge in [0.05, 0.1) is 0 Å². The average molecular weight is 190 g/mol. The minimum absolute atomic E-state index is 1.21. The Labute approximate surface area is 86.5 Å². The molecule has 0 amide bonds. The molecule has 0 saturated heterocycles. The molecule has 0 spiro atoms. The predicted molar refractivity (Wildman–Crippen MR) is 61.8 cm³/mol. The Balaban J connectivity index is 3.10. The molecule has 0 bridgehead atoms. The molecule has 0 aliphatic heterocycles. The standard InChI is InChI=1S/C12H18N2/c1-13(2)12(14(3)4)11-9-7-5-6-8-10-11/h5-10H,1-4H3. The van der Waals surface area contributed by atoms with E-state index < -0.39 is 0 Å². The Morgan fingerprint density at radius 1 is 0.786 bits per heavy atom. The number of hydrogen-bond acceptors (Lipinski definition) is 2. The number of rotatable bonds is 2. The summed E-state index contributed by atoms with van der Waals surface area (Å²) in [5, 5.41) is 0. The minimum atomic E-state index is 1.21. The van der Waals surface area contributed by atoms with Gasteiger partial charge in [-0.15, -0.1) is 0 Å². The molecule has 0 fully saturated rings. The van der Waals surface area contributed by atoms with Crippen LogP contribution in [0.5, 0.6) is 0 Å². The van der Waals surface area contributed by atoms with E-state index in [0.29, 0.717) is 0 Å². The van der Waals surface area contributed by atoms with Gasteiger partial charge in [-0.3, -0.25) is 0 Å². The maximum atomic E-state index is 2.12. The molecule has 2 nitrogen and oxygen atoms in total. The highest BCUT2D eigenvalue weighted by atomic mass is 15.3. The molecular weight excluding hydrogens is 172 g/mol. The van der Waals surface area contributed by atoms with Crippen LogP contribution in [0.1, 0.15) is 0 Å². The molecule has 0 unspecified atom stereocenters. The Morgan fingerprint density at radius 2 is 1.21 bits per heavy atom. The lowest BCUT2D eigenvalue weighted by Gasteiger charge is -2.26. The summed E-state index contributed by atoms with van der Waals surface area (Å²) in [6.45, 7) is 0. The molecule has 1 aliphatic carbocycles. The SMILES string of the molecule is CN(C)C(=C1C=CC=CC=C1)N(C)C. The molecule has 0 atom stereocenters. The van der Waals surface area contributed by atoms with E-state index in [9.17, 15) is 0 Å². The fourth-order valence-electron chi connectivity index (χ4n) is 1.57. The van der Waals surface area contributed by atoms with E-state index in [0.717, 1.165) is 0 Å². The van der Waals surface area contributed by atoms with Gasteiger partial charge >= 0.3 is 0 Å². The topological polar surface area (TPSA) is 6.48 Å². The molecule has 0 heterocycles. The van der Waals surface area contributed by atoms with E-state index in [4.69, 9.17) is 0 Å². The summed E-state index contributed by atoms with van der Waals surface area (Å²) < 4.78 is 0. The quantitative estimate of drug-likeness (QED) is 0.657. The molecular formula is C12H18N2.